The normalized spacial score (nSPS) is 11.7. The molecular weight excluding hydrogens is 312 g/mol. The summed E-state index contributed by atoms with van der Waals surface area (Å²) >= 11 is 0. The van der Waals surface area contributed by atoms with Crippen molar-refractivity contribution in [1.82, 2.24) is 9.97 Å². The standard InChI is InChI=1S/C20H20N4O/c1-14(12-15-8-4-2-5-9-15)22-20-23-17(13-18(24-20)19(21)25)16-10-6-3-7-11-16/h2-11,13-14H,12H2,1H3,(H2,21,25)(H,22,23,24). The number of nitrogens with zero attached hydrogens (tertiary/aromatic N) is 2. The number of anilines is 1. The molecule has 0 fully saturated rings. The van der Waals surface area contributed by atoms with Gasteiger partial charge in [0, 0.05) is 11.6 Å². The van der Waals surface area contributed by atoms with E-state index >= 15 is 0 Å². The van der Waals surface area contributed by atoms with Gasteiger partial charge in [-0.1, -0.05) is 60.7 Å². The SMILES string of the molecule is CC(Cc1ccccc1)Nc1nc(C(N)=O)cc(-c2ccccc2)n1. The van der Waals surface area contributed by atoms with Crippen LogP contribution < -0.4 is 11.1 Å². The van der Waals surface area contributed by atoms with E-state index in [2.05, 4.69) is 34.3 Å². The number of hydrogen-bond acceptors (Lipinski definition) is 4. The van der Waals surface area contributed by atoms with Crippen LogP contribution in [0.1, 0.15) is 23.0 Å². The van der Waals surface area contributed by atoms with E-state index in [0.717, 1.165) is 12.0 Å². The number of nitrogens with two attached hydrogens (primary N) is 1. The van der Waals surface area contributed by atoms with Gasteiger partial charge in [0.2, 0.25) is 5.95 Å². The number of nitrogens with one attached hydrogen (secondary N) is 1. The first-order valence-corrected chi connectivity index (χ1v) is 8.16. The first-order chi connectivity index (χ1) is 12.1. The summed E-state index contributed by atoms with van der Waals surface area (Å²) in [6.07, 6.45) is 0.825. The molecule has 3 aromatic rings. The van der Waals surface area contributed by atoms with Crippen LogP contribution in [0.3, 0.4) is 0 Å². The highest BCUT2D eigenvalue weighted by atomic mass is 16.1. The Morgan fingerprint density at radius 3 is 2.32 bits per heavy atom. The Labute approximate surface area is 146 Å². The minimum atomic E-state index is -0.571. The van der Waals surface area contributed by atoms with Gasteiger partial charge in [-0.2, -0.15) is 0 Å². The molecule has 1 aromatic heterocycles. The fourth-order valence-corrected chi connectivity index (χ4v) is 2.63. The van der Waals surface area contributed by atoms with Gasteiger partial charge >= 0.3 is 0 Å². The molecule has 5 heteroatoms. The Bertz CT molecular complexity index is 850. The van der Waals surface area contributed by atoms with Gasteiger partial charge in [-0.25, -0.2) is 9.97 Å². The fourth-order valence-electron chi connectivity index (χ4n) is 2.63. The molecule has 0 saturated heterocycles. The summed E-state index contributed by atoms with van der Waals surface area (Å²) < 4.78 is 0. The van der Waals surface area contributed by atoms with Gasteiger partial charge in [-0.05, 0) is 25.0 Å². The van der Waals surface area contributed by atoms with Crippen molar-refractivity contribution in [3.05, 3.63) is 78.0 Å². The monoisotopic (exact) mass is 332 g/mol. The average molecular weight is 332 g/mol. The van der Waals surface area contributed by atoms with Gasteiger partial charge < -0.3 is 11.1 Å². The average Bonchev–Trinajstić information content (AvgIpc) is 2.63. The molecule has 0 aliphatic heterocycles. The third kappa shape index (κ3) is 4.41. The second-order valence-corrected chi connectivity index (χ2v) is 5.93. The molecule has 1 heterocycles. The number of amides is 1. The molecule has 25 heavy (non-hydrogen) atoms. The largest absolute Gasteiger partial charge is 0.364 e. The molecule has 0 aliphatic rings. The molecule has 0 bridgehead atoms. The van der Waals surface area contributed by atoms with Crippen molar-refractivity contribution in [3.63, 3.8) is 0 Å². The second kappa shape index (κ2) is 7.57. The van der Waals surface area contributed by atoms with E-state index in [1.54, 1.807) is 6.07 Å². The Morgan fingerprint density at radius 1 is 1.04 bits per heavy atom. The number of aromatic nitrogens is 2. The van der Waals surface area contributed by atoms with Crippen molar-refractivity contribution in [1.29, 1.82) is 0 Å². The van der Waals surface area contributed by atoms with Crippen LogP contribution in [0.15, 0.2) is 66.7 Å². The van der Waals surface area contributed by atoms with Crippen LogP contribution in [0.4, 0.5) is 5.95 Å². The number of carbonyl (C=O) groups is 1. The third-order valence-electron chi connectivity index (χ3n) is 3.81. The zero-order valence-electron chi connectivity index (χ0n) is 14.0. The van der Waals surface area contributed by atoms with Crippen molar-refractivity contribution in [2.75, 3.05) is 5.32 Å². The van der Waals surface area contributed by atoms with Gasteiger partial charge in [-0.3, -0.25) is 4.79 Å². The highest BCUT2D eigenvalue weighted by Crippen LogP contribution is 2.19. The maximum absolute atomic E-state index is 11.6. The number of benzene rings is 2. The second-order valence-electron chi connectivity index (χ2n) is 5.93. The molecule has 1 atom stereocenters. The van der Waals surface area contributed by atoms with Crippen LogP contribution in [0.5, 0.6) is 0 Å². The van der Waals surface area contributed by atoms with Crippen molar-refractivity contribution < 1.29 is 4.79 Å². The van der Waals surface area contributed by atoms with Crippen molar-refractivity contribution in [2.24, 2.45) is 5.73 Å². The first kappa shape index (κ1) is 16.6. The lowest BCUT2D eigenvalue weighted by molar-refractivity contribution is 0.0995. The molecular formula is C20H20N4O. The first-order valence-electron chi connectivity index (χ1n) is 8.16. The Kier molecular flexibility index (Phi) is 5.04. The highest BCUT2D eigenvalue weighted by Gasteiger charge is 2.12. The maximum atomic E-state index is 11.6. The van der Waals surface area contributed by atoms with Gasteiger partial charge in [0.05, 0.1) is 5.69 Å². The fraction of sp³-hybridized carbons (Fsp3) is 0.150. The van der Waals surface area contributed by atoms with Crippen LogP contribution in [-0.2, 0) is 6.42 Å². The summed E-state index contributed by atoms with van der Waals surface area (Å²) in [5.74, 6) is -0.170. The topological polar surface area (TPSA) is 80.9 Å². The Morgan fingerprint density at radius 2 is 1.68 bits per heavy atom. The molecule has 0 spiro atoms. The van der Waals surface area contributed by atoms with Gasteiger partial charge in [0.25, 0.3) is 5.91 Å². The predicted molar refractivity (Wildman–Crippen MR) is 99.2 cm³/mol. The Balaban J connectivity index is 1.85. The molecule has 0 aliphatic carbocycles. The van der Waals surface area contributed by atoms with E-state index in [4.69, 9.17) is 5.73 Å². The molecule has 126 valence electrons. The lowest BCUT2D eigenvalue weighted by Crippen LogP contribution is -2.22. The van der Waals surface area contributed by atoms with E-state index in [-0.39, 0.29) is 11.7 Å². The van der Waals surface area contributed by atoms with E-state index in [1.165, 1.54) is 5.56 Å². The summed E-state index contributed by atoms with van der Waals surface area (Å²) in [5.41, 5.74) is 8.42. The molecule has 1 amide bonds. The van der Waals surface area contributed by atoms with Gasteiger partial charge in [-0.15, -0.1) is 0 Å². The summed E-state index contributed by atoms with van der Waals surface area (Å²) in [6.45, 7) is 2.05. The van der Waals surface area contributed by atoms with Crippen molar-refractivity contribution in [2.45, 2.75) is 19.4 Å². The lowest BCUT2D eigenvalue weighted by atomic mass is 10.1. The maximum Gasteiger partial charge on any atom is 0.267 e. The van der Waals surface area contributed by atoms with Crippen LogP contribution in [0.2, 0.25) is 0 Å². The molecule has 0 radical (unpaired) electrons. The third-order valence-corrected chi connectivity index (χ3v) is 3.81. The summed E-state index contributed by atoms with van der Waals surface area (Å²) in [5, 5.41) is 3.27. The smallest absolute Gasteiger partial charge is 0.267 e. The summed E-state index contributed by atoms with van der Waals surface area (Å²) in [4.78, 5) is 20.4. The van der Waals surface area contributed by atoms with Crippen LogP contribution in [0.25, 0.3) is 11.3 Å². The van der Waals surface area contributed by atoms with E-state index in [9.17, 15) is 4.79 Å². The van der Waals surface area contributed by atoms with Crippen molar-refractivity contribution in [3.8, 4) is 11.3 Å². The molecule has 5 nitrogen and oxygen atoms in total. The molecule has 3 N–H and O–H groups in total. The van der Waals surface area contributed by atoms with Crippen molar-refractivity contribution >= 4 is 11.9 Å². The summed E-state index contributed by atoms with van der Waals surface area (Å²) in [7, 11) is 0. The number of primary amides is 1. The Hall–Kier alpha value is -3.21. The van der Waals surface area contributed by atoms with E-state index < -0.39 is 5.91 Å². The highest BCUT2D eigenvalue weighted by molar-refractivity contribution is 5.92. The number of carbonyl (C=O) groups excluding carboxylic acids is 1. The lowest BCUT2D eigenvalue weighted by Gasteiger charge is -2.15. The minimum Gasteiger partial charge on any atom is -0.364 e. The molecule has 0 saturated carbocycles. The molecule has 3 rings (SSSR count). The van der Waals surface area contributed by atoms with Crippen LogP contribution in [-0.4, -0.2) is 21.9 Å². The molecule has 1 unspecified atom stereocenters. The molecule has 2 aromatic carbocycles. The van der Waals surface area contributed by atoms with Crippen LogP contribution >= 0.6 is 0 Å². The zero-order chi connectivity index (χ0) is 17.6. The number of rotatable bonds is 6. The van der Waals surface area contributed by atoms with E-state index in [1.807, 2.05) is 48.5 Å². The van der Waals surface area contributed by atoms with Gasteiger partial charge in [0.15, 0.2) is 0 Å². The van der Waals surface area contributed by atoms with E-state index in [0.29, 0.717) is 11.6 Å². The van der Waals surface area contributed by atoms with Gasteiger partial charge in [0.1, 0.15) is 5.69 Å². The number of hydrogen-bond donors (Lipinski definition) is 2. The zero-order valence-corrected chi connectivity index (χ0v) is 14.0. The van der Waals surface area contributed by atoms with Crippen LogP contribution in [0, 0.1) is 0 Å². The summed E-state index contributed by atoms with van der Waals surface area (Å²) in [6, 6.07) is 21.5. The predicted octanol–water partition coefficient (Wildman–Crippen LogP) is 3.29. The minimum absolute atomic E-state index is 0.106. The quantitative estimate of drug-likeness (QED) is 0.726.